The zero-order valence-electron chi connectivity index (χ0n) is 14.5. The van der Waals surface area contributed by atoms with Gasteiger partial charge in [-0.2, -0.15) is 0 Å². The molecular formula is C18H34N2O. The number of hydrogen-bond acceptors (Lipinski definition) is 2. The van der Waals surface area contributed by atoms with Gasteiger partial charge in [0, 0.05) is 32.1 Å². The molecule has 3 heteroatoms. The van der Waals surface area contributed by atoms with Crippen LogP contribution in [0.5, 0.6) is 0 Å². The van der Waals surface area contributed by atoms with Crippen molar-refractivity contribution >= 4 is 5.91 Å². The fourth-order valence-electron chi connectivity index (χ4n) is 4.03. The van der Waals surface area contributed by atoms with Gasteiger partial charge in [0.05, 0.1) is 0 Å². The number of nitrogens with zero attached hydrogens (tertiary/aromatic N) is 1. The molecule has 1 saturated heterocycles. The van der Waals surface area contributed by atoms with Gasteiger partial charge in [-0.25, -0.2) is 0 Å². The predicted molar refractivity (Wildman–Crippen MR) is 88.2 cm³/mol. The van der Waals surface area contributed by atoms with Crippen LogP contribution in [0, 0.1) is 11.3 Å². The number of piperidine rings is 1. The van der Waals surface area contributed by atoms with E-state index in [9.17, 15) is 4.79 Å². The minimum atomic E-state index is 0.232. The Hall–Kier alpha value is -0.570. The minimum absolute atomic E-state index is 0.232. The number of rotatable bonds is 2. The Kier molecular flexibility index (Phi) is 5.70. The molecule has 0 bridgehead atoms. The first-order chi connectivity index (χ1) is 9.86. The third-order valence-corrected chi connectivity index (χ3v) is 5.61. The molecule has 0 aromatic heterocycles. The summed E-state index contributed by atoms with van der Waals surface area (Å²) < 4.78 is 0. The van der Waals surface area contributed by atoms with Crippen molar-refractivity contribution in [1.29, 1.82) is 0 Å². The highest BCUT2D eigenvalue weighted by atomic mass is 16.2. The van der Waals surface area contributed by atoms with Crippen LogP contribution in [0.2, 0.25) is 0 Å². The fourth-order valence-corrected chi connectivity index (χ4v) is 4.03. The van der Waals surface area contributed by atoms with Crippen LogP contribution in [0.15, 0.2) is 0 Å². The van der Waals surface area contributed by atoms with E-state index in [1.807, 2.05) is 4.90 Å². The Bertz CT molecular complexity index is 340. The highest BCUT2D eigenvalue weighted by Gasteiger charge is 2.29. The molecule has 2 rings (SSSR count). The molecule has 2 fully saturated rings. The highest BCUT2D eigenvalue weighted by molar-refractivity contribution is 5.73. The second-order valence-corrected chi connectivity index (χ2v) is 8.22. The van der Waals surface area contributed by atoms with Crippen molar-refractivity contribution in [1.82, 2.24) is 10.2 Å². The quantitative estimate of drug-likeness (QED) is 0.790. The molecule has 0 radical (unpaired) electrons. The first kappa shape index (κ1) is 16.8. The fraction of sp³-hybridized carbons (Fsp3) is 0.944. The lowest BCUT2D eigenvalue weighted by Crippen LogP contribution is -2.47. The van der Waals surface area contributed by atoms with Gasteiger partial charge in [-0.05, 0) is 49.9 Å². The van der Waals surface area contributed by atoms with E-state index in [-0.39, 0.29) is 5.91 Å². The van der Waals surface area contributed by atoms with Crippen molar-refractivity contribution in [2.24, 2.45) is 11.3 Å². The van der Waals surface area contributed by atoms with E-state index in [0.29, 0.717) is 17.5 Å². The summed E-state index contributed by atoms with van der Waals surface area (Å²) in [5, 5.41) is 3.89. The second kappa shape index (κ2) is 7.13. The topological polar surface area (TPSA) is 32.3 Å². The predicted octanol–water partition coefficient (Wildman–Crippen LogP) is 3.58. The molecule has 2 atom stereocenters. The van der Waals surface area contributed by atoms with E-state index in [2.05, 4.69) is 26.1 Å². The highest BCUT2D eigenvalue weighted by Crippen LogP contribution is 2.36. The molecule has 1 aliphatic carbocycles. The van der Waals surface area contributed by atoms with Gasteiger partial charge < -0.3 is 10.2 Å². The second-order valence-electron chi connectivity index (χ2n) is 8.22. The lowest BCUT2D eigenvalue weighted by molar-refractivity contribution is -0.129. The Morgan fingerprint density at radius 3 is 2.14 bits per heavy atom. The molecule has 0 aromatic rings. The van der Waals surface area contributed by atoms with E-state index in [1.54, 1.807) is 6.92 Å². The zero-order valence-corrected chi connectivity index (χ0v) is 14.5. The number of nitrogens with one attached hydrogen (secondary N) is 1. The van der Waals surface area contributed by atoms with Crippen molar-refractivity contribution in [2.75, 3.05) is 13.1 Å². The van der Waals surface area contributed by atoms with Gasteiger partial charge in [0.1, 0.15) is 0 Å². The Labute approximate surface area is 130 Å². The molecule has 122 valence electrons. The van der Waals surface area contributed by atoms with E-state index in [1.165, 1.54) is 32.1 Å². The van der Waals surface area contributed by atoms with Crippen LogP contribution in [-0.4, -0.2) is 36.0 Å². The lowest BCUT2D eigenvalue weighted by atomic mass is 9.76. The number of amides is 1. The van der Waals surface area contributed by atoms with E-state index in [4.69, 9.17) is 0 Å². The van der Waals surface area contributed by atoms with Crippen LogP contribution in [0.1, 0.15) is 72.6 Å². The van der Waals surface area contributed by atoms with Gasteiger partial charge in [-0.1, -0.05) is 27.2 Å². The lowest BCUT2D eigenvalue weighted by Gasteiger charge is -2.34. The molecule has 1 heterocycles. The van der Waals surface area contributed by atoms with Crippen LogP contribution in [0.3, 0.4) is 0 Å². The molecular weight excluding hydrogens is 260 g/mol. The summed E-state index contributed by atoms with van der Waals surface area (Å²) in [5.74, 6) is 1.11. The molecule has 1 N–H and O–H groups in total. The molecule has 21 heavy (non-hydrogen) atoms. The maximum atomic E-state index is 11.4. The van der Waals surface area contributed by atoms with Crippen LogP contribution in [0.25, 0.3) is 0 Å². The van der Waals surface area contributed by atoms with Gasteiger partial charge in [0.25, 0.3) is 0 Å². The average Bonchev–Trinajstić information content (AvgIpc) is 2.64. The Morgan fingerprint density at radius 2 is 1.57 bits per heavy atom. The summed E-state index contributed by atoms with van der Waals surface area (Å²) in [6.07, 6.45) is 9.04. The van der Waals surface area contributed by atoms with E-state index >= 15 is 0 Å². The van der Waals surface area contributed by atoms with Gasteiger partial charge in [-0.3, -0.25) is 4.79 Å². The summed E-state index contributed by atoms with van der Waals surface area (Å²) in [5.41, 5.74) is 0.460. The zero-order chi connectivity index (χ0) is 15.5. The van der Waals surface area contributed by atoms with Gasteiger partial charge in [0.15, 0.2) is 0 Å². The molecule has 0 spiro atoms. The maximum Gasteiger partial charge on any atom is 0.219 e. The molecule has 2 aliphatic rings. The molecule has 1 amide bonds. The monoisotopic (exact) mass is 294 g/mol. The van der Waals surface area contributed by atoms with Crippen molar-refractivity contribution in [3.63, 3.8) is 0 Å². The SMILES string of the molecule is CC(=O)N1CCC(NC2CCCC(C(C)(C)C)CC2)CC1. The Morgan fingerprint density at radius 1 is 0.952 bits per heavy atom. The number of carbonyl (C=O) groups is 1. The number of hydrogen-bond donors (Lipinski definition) is 1. The third kappa shape index (κ3) is 4.98. The first-order valence-electron chi connectivity index (χ1n) is 8.88. The van der Waals surface area contributed by atoms with Crippen molar-refractivity contribution in [3.05, 3.63) is 0 Å². The maximum absolute atomic E-state index is 11.4. The summed E-state index contributed by atoms with van der Waals surface area (Å²) in [6, 6.07) is 1.32. The van der Waals surface area contributed by atoms with Gasteiger partial charge >= 0.3 is 0 Å². The average molecular weight is 294 g/mol. The summed E-state index contributed by atoms with van der Waals surface area (Å²) in [4.78, 5) is 13.4. The third-order valence-electron chi connectivity index (χ3n) is 5.61. The normalized spacial score (nSPS) is 29.2. The van der Waals surface area contributed by atoms with Crippen molar-refractivity contribution in [3.8, 4) is 0 Å². The summed E-state index contributed by atoms with van der Waals surface area (Å²) >= 11 is 0. The van der Waals surface area contributed by atoms with Gasteiger partial charge in [-0.15, -0.1) is 0 Å². The van der Waals surface area contributed by atoms with Crippen LogP contribution in [0.4, 0.5) is 0 Å². The Balaban J connectivity index is 1.76. The summed E-state index contributed by atoms with van der Waals surface area (Å²) in [6.45, 7) is 10.7. The first-order valence-corrected chi connectivity index (χ1v) is 8.88. The van der Waals surface area contributed by atoms with Crippen LogP contribution < -0.4 is 5.32 Å². The van der Waals surface area contributed by atoms with Crippen molar-refractivity contribution in [2.45, 2.75) is 84.7 Å². The van der Waals surface area contributed by atoms with Crippen molar-refractivity contribution < 1.29 is 4.79 Å². The smallest absolute Gasteiger partial charge is 0.219 e. The van der Waals surface area contributed by atoms with Crippen LogP contribution in [-0.2, 0) is 4.79 Å². The largest absolute Gasteiger partial charge is 0.343 e. The van der Waals surface area contributed by atoms with E-state index < -0.39 is 0 Å². The molecule has 1 aliphatic heterocycles. The molecule has 2 unspecified atom stereocenters. The molecule has 0 aromatic carbocycles. The standard InChI is InChI=1S/C18H34N2O/c1-14(21)20-12-10-17(11-13-20)19-16-7-5-6-15(8-9-16)18(2,3)4/h15-17,19H,5-13H2,1-4H3. The molecule has 1 saturated carbocycles. The van der Waals surface area contributed by atoms with Gasteiger partial charge in [0.2, 0.25) is 5.91 Å². The number of likely N-dealkylation sites (tertiary alicyclic amines) is 1. The number of carbonyl (C=O) groups excluding carboxylic acids is 1. The minimum Gasteiger partial charge on any atom is -0.343 e. The van der Waals surface area contributed by atoms with E-state index in [0.717, 1.165) is 31.8 Å². The van der Waals surface area contributed by atoms with Crippen LogP contribution >= 0.6 is 0 Å². The summed E-state index contributed by atoms with van der Waals surface area (Å²) in [7, 11) is 0. The molecule has 3 nitrogen and oxygen atoms in total.